The predicted octanol–water partition coefficient (Wildman–Crippen LogP) is 4.02. The van der Waals surface area contributed by atoms with E-state index in [0.29, 0.717) is 5.69 Å². The summed E-state index contributed by atoms with van der Waals surface area (Å²) < 4.78 is 5.10. The van der Waals surface area contributed by atoms with E-state index < -0.39 is 0 Å². The molecule has 0 amide bonds. The largest absolute Gasteiger partial charge is 0.497 e. The van der Waals surface area contributed by atoms with E-state index >= 15 is 0 Å². The van der Waals surface area contributed by atoms with Gasteiger partial charge in [-0.3, -0.25) is 0 Å². The molecule has 1 N–H and O–H groups in total. The van der Waals surface area contributed by atoms with Crippen LogP contribution in [0.4, 0.5) is 5.69 Å². The first-order valence-electron chi connectivity index (χ1n) is 4.95. The highest BCUT2D eigenvalue weighted by Gasteiger charge is 1.98. The minimum absolute atomic E-state index is 0.664. The molecule has 0 aromatic heterocycles. The van der Waals surface area contributed by atoms with Crippen LogP contribution in [0, 0.1) is 5.53 Å². The first-order valence-corrected chi connectivity index (χ1v) is 4.95. The topological polar surface area (TPSA) is 45.4 Å². The summed E-state index contributed by atoms with van der Waals surface area (Å²) in [5, 5.41) is 3.36. The number of hydrogen-bond acceptors (Lipinski definition) is 3. The molecule has 3 nitrogen and oxygen atoms in total. The Morgan fingerprint density at radius 1 is 0.875 bits per heavy atom. The fourth-order valence-electron chi connectivity index (χ4n) is 1.51. The van der Waals surface area contributed by atoms with Crippen molar-refractivity contribution in [2.45, 2.75) is 0 Å². The molecule has 0 aliphatic carbocycles. The Morgan fingerprint density at radius 3 is 1.81 bits per heavy atom. The second-order valence-corrected chi connectivity index (χ2v) is 3.39. The molecule has 0 saturated carbocycles. The Bertz CT molecular complexity index is 474. The van der Waals surface area contributed by atoms with E-state index in [4.69, 9.17) is 10.3 Å². The van der Waals surface area contributed by atoms with Crippen molar-refractivity contribution in [1.82, 2.24) is 0 Å². The minimum Gasteiger partial charge on any atom is -0.497 e. The molecule has 0 radical (unpaired) electrons. The third-order valence-electron chi connectivity index (χ3n) is 2.42. The van der Waals surface area contributed by atoms with E-state index in [1.54, 1.807) is 7.11 Å². The monoisotopic (exact) mass is 212 g/mol. The van der Waals surface area contributed by atoms with Crippen LogP contribution in [-0.2, 0) is 0 Å². The molecule has 0 aliphatic rings. The van der Waals surface area contributed by atoms with Gasteiger partial charge in [0.15, 0.2) is 0 Å². The van der Waals surface area contributed by atoms with Crippen LogP contribution >= 0.6 is 0 Å². The van der Waals surface area contributed by atoms with E-state index in [2.05, 4.69) is 5.11 Å². The first-order chi connectivity index (χ1) is 7.83. The molecule has 80 valence electrons. The molecule has 0 heterocycles. The number of ether oxygens (including phenoxy) is 1. The maximum absolute atomic E-state index is 6.88. The summed E-state index contributed by atoms with van der Waals surface area (Å²) in [5.74, 6) is 0.849. The Kier molecular flexibility index (Phi) is 2.96. The maximum Gasteiger partial charge on any atom is 0.118 e. The second-order valence-electron chi connectivity index (χ2n) is 3.39. The molecule has 0 spiro atoms. The van der Waals surface area contributed by atoms with Gasteiger partial charge in [0.2, 0.25) is 0 Å². The molecular weight excluding hydrogens is 200 g/mol. The van der Waals surface area contributed by atoms with Crippen LogP contribution in [0.3, 0.4) is 0 Å². The number of hydrogen-bond donors (Lipinski definition) is 1. The molecule has 2 rings (SSSR count). The van der Waals surface area contributed by atoms with Crippen molar-refractivity contribution in [2.75, 3.05) is 7.11 Å². The van der Waals surface area contributed by atoms with Crippen LogP contribution in [0.25, 0.3) is 11.1 Å². The van der Waals surface area contributed by atoms with E-state index in [1.807, 2.05) is 48.5 Å². The van der Waals surface area contributed by atoms with Crippen molar-refractivity contribution in [3.8, 4) is 16.9 Å². The quantitative estimate of drug-likeness (QED) is 0.767. The number of rotatable bonds is 3. The molecular formula is C13H12N2O. The fraction of sp³-hybridized carbons (Fsp3) is 0.0769. The third-order valence-corrected chi connectivity index (χ3v) is 2.42. The van der Waals surface area contributed by atoms with Gasteiger partial charge in [0.25, 0.3) is 0 Å². The number of benzene rings is 2. The van der Waals surface area contributed by atoms with Crippen molar-refractivity contribution in [3.63, 3.8) is 0 Å². The zero-order valence-electron chi connectivity index (χ0n) is 8.97. The number of methoxy groups -OCH3 is 1. The molecule has 0 unspecified atom stereocenters. The molecule has 3 heteroatoms. The van der Waals surface area contributed by atoms with E-state index in [-0.39, 0.29) is 0 Å². The Morgan fingerprint density at radius 2 is 1.38 bits per heavy atom. The Labute approximate surface area is 94.2 Å². The highest BCUT2D eigenvalue weighted by molar-refractivity contribution is 5.65. The van der Waals surface area contributed by atoms with Crippen LogP contribution < -0.4 is 4.74 Å². The smallest absolute Gasteiger partial charge is 0.118 e. The molecule has 16 heavy (non-hydrogen) atoms. The summed E-state index contributed by atoms with van der Waals surface area (Å²) in [6.07, 6.45) is 0. The lowest BCUT2D eigenvalue weighted by atomic mass is 10.1. The average molecular weight is 212 g/mol. The average Bonchev–Trinajstić information content (AvgIpc) is 2.39. The molecule has 0 atom stereocenters. The van der Waals surface area contributed by atoms with Crippen molar-refractivity contribution < 1.29 is 4.74 Å². The van der Waals surface area contributed by atoms with E-state index in [9.17, 15) is 0 Å². The molecule has 0 bridgehead atoms. The van der Waals surface area contributed by atoms with Crippen LogP contribution in [0.15, 0.2) is 53.6 Å². The lowest BCUT2D eigenvalue weighted by molar-refractivity contribution is 0.415. The van der Waals surface area contributed by atoms with Gasteiger partial charge >= 0.3 is 0 Å². The molecule has 0 aliphatic heterocycles. The van der Waals surface area contributed by atoms with Gasteiger partial charge in [0.1, 0.15) is 5.75 Å². The third kappa shape index (κ3) is 2.08. The normalized spacial score (nSPS) is 9.81. The summed E-state index contributed by atoms with van der Waals surface area (Å²) in [4.78, 5) is 0. The summed E-state index contributed by atoms with van der Waals surface area (Å²) in [6.45, 7) is 0. The van der Waals surface area contributed by atoms with Gasteiger partial charge in [0, 0.05) is 0 Å². The summed E-state index contributed by atoms with van der Waals surface area (Å²) in [6, 6.07) is 15.4. The minimum atomic E-state index is 0.664. The Balaban J connectivity index is 2.31. The highest BCUT2D eigenvalue weighted by atomic mass is 16.5. The van der Waals surface area contributed by atoms with Crippen LogP contribution in [0.1, 0.15) is 0 Å². The second kappa shape index (κ2) is 4.57. The van der Waals surface area contributed by atoms with Gasteiger partial charge in [-0.2, -0.15) is 5.11 Å². The van der Waals surface area contributed by atoms with Crippen molar-refractivity contribution in [1.29, 1.82) is 5.53 Å². The first kappa shape index (κ1) is 10.4. The number of nitrogens with zero attached hydrogens (tertiary/aromatic N) is 1. The molecule has 0 fully saturated rings. The van der Waals surface area contributed by atoms with Gasteiger partial charge in [-0.25, -0.2) is 5.53 Å². The van der Waals surface area contributed by atoms with Crippen molar-refractivity contribution in [2.24, 2.45) is 5.11 Å². The number of nitrogens with one attached hydrogen (secondary N) is 1. The zero-order chi connectivity index (χ0) is 11.4. The van der Waals surface area contributed by atoms with Crippen LogP contribution in [0.2, 0.25) is 0 Å². The molecule has 0 saturated heterocycles. The van der Waals surface area contributed by atoms with Gasteiger partial charge in [-0.1, -0.05) is 24.3 Å². The predicted molar refractivity (Wildman–Crippen MR) is 63.2 cm³/mol. The van der Waals surface area contributed by atoms with E-state index in [0.717, 1.165) is 16.9 Å². The molecule has 2 aromatic rings. The lowest BCUT2D eigenvalue weighted by Crippen LogP contribution is -1.82. The fourth-order valence-corrected chi connectivity index (χ4v) is 1.51. The van der Waals surface area contributed by atoms with Crippen LogP contribution in [0.5, 0.6) is 5.75 Å². The van der Waals surface area contributed by atoms with Gasteiger partial charge in [-0.15, -0.1) is 0 Å². The molecule has 2 aromatic carbocycles. The summed E-state index contributed by atoms with van der Waals surface area (Å²) in [7, 11) is 1.65. The standard InChI is InChI=1S/C13H12N2O/c1-16-13-8-4-11(5-9-13)10-2-6-12(15-14)7-3-10/h2-9,14H,1H3. The Hall–Kier alpha value is -2.16. The summed E-state index contributed by atoms with van der Waals surface area (Å²) >= 11 is 0. The maximum atomic E-state index is 6.88. The van der Waals surface area contributed by atoms with Crippen molar-refractivity contribution >= 4 is 5.69 Å². The van der Waals surface area contributed by atoms with Crippen molar-refractivity contribution in [3.05, 3.63) is 48.5 Å². The zero-order valence-corrected chi connectivity index (χ0v) is 8.97. The lowest BCUT2D eigenvalue weighted by Gasteiger charge is -2.03. The highest BCUT2D eigenvalue weighted by Crippen LogP contribution is 2.24. The van der Waals surface area contributed by atoms with Gasteiger partial charge in [-0.05, 0) is 35.4 Å². The van der Waals surface area contributed by atoms with Crippen LogP contribution in [-0.4, -0.2) is 7.11 Å². The SMILES string of the molecule is COc1ccc(-c2ccc(N=N)cc2)cc1. The van der Waals surface area contributed by atoms with E-state index in [1.165, 1.54) is 0 Å². The van der Waals surface area contributed by atoms with Gasteiger partial charge < -0.3 is 4.74 Å². The summed E-state index contributed by atoms with van der Waals surface area (Å²) in [5.41, 5.74) is 9.77. The van der Waals surface area contributed by atoms with Gasteiger partial charge in [0.05, 0.1) is 12.8 Å².